The number of aliphatic hydroxyl groups excluding tert-OH is 1. The molecule has 0 heterocycles. The van der Waals surface area contributed by atoms with Gasteiger partial charge in [0.1, 0.15) is 0 Å². The molecule has 1 N–H and O–H groups in total. The first-order valence-electron chi connectivity index (χ1n) is 6.10. The van der Waals surface area contributed by atoms with E-state index in [0.29, 0.717) is 18.5 Å². The second kappa shape index (κ2) is 7.13. The van der Waals surface area contributed by atoms with Gasteiger partial charge >= 0.3 is 0 Å². The van der Waals surface area contributed by atoms with Crippen LogP contribution in [0, 0.1) is 0 Å². The number of rotatable bonds is 7. The Balaban J connectivity index is 2.84. The molecule has 0 aliphatic carbocycles. The molecule has 0 fully saturated rings. The third kappa shape index (κ3) is 3.82. The number of aliphatic hydroxyl groups is 1. The first-order chi connectivity index (χ1) is 8.60. The molecule has 0 amide bonds. The molecular weight excluding hydrogens is 230 g/mol. The minimum absolute atomic E-state index is 0.110. The molecule has 1 aromatic carbocycles. The number of para-hydroxylation sites is 1. The Morgan fingerprint density at radius 1 is 1.44 bits per heavy atom. The van der Waals surface area contributed by atoms with Crippen LogP contribution in [0.5, 0.6) is 0 Å². The zero-order valence-corrected chi connectivity index (χ0v) is 11.2. The van der Waals surface area contributed by atoms with Gasteiger partial charge in [0.25, 0.3) is 0 Å². The molecule has 0 aliphatic rings. The Kier molecular flexibility index (Phi) is 5.82. The Hall–Kier alpha value is -1.39. The molecule has 1 aromatic rings. The monoisotopic (exact) mass is 251 g/mol. The third-order valence-corrected chi connectivity index (χ3v) is 2.78. The van der Waals surface area contributed by atoms with Crippen molar-refractivity contribution < 1.29 is 14.6 Å². The molecule has 0 aromatic heterocycles. The number of ketones is 1. The Morgan fingerprint density at radius 3 is 2.72 bits per heavy atom. The van der Waals surface area contributed by atoms with E-state index in [-0.39, 0.29) is 12.4 Å². The predicted octanol–water partition coefficient (Wildman–Crippen LogP) is 1.72. The minimum atomic E-state index is -0.565. The number of hydrogen-bond donors (Lipinski definition) is 1. The summed E-state index contributed by atoms with van der Waals surface area (Å²) in [5, 5.41) is 9.72. The average Bonchev–Trinajstić information content (AvgIpc) is 2.38. The molecule has 100 valence electrons. The van der Waals surface area contributed by atoms with Crippen LogP contribution in [0.1, 0.15) is 23.7 Å². The van der Waals surface area contributed by atoms with Gasteiger partial charge < -0.3 is 14.7 Å². The molecule has 0 saturated heterocycles. The molecule has 4 nitrogen and oxygen atoms in total. The summed E-state index contributed by atoms with van der Waals surface area (Å²) in [5.41, 5.74) is 1.55. The van der Waals surface area contributed by atoms with Crippen molar-refractivity contribution in [2.75, 3.05) is 32.2 Å². The summed E-state index contributed by atoms with van der Waals surface area (Å²) >= 11 is 0. The van der Waals surface area contributed by atoms with E-state index in [1.54, 1.807) is 7.11 Å². The van der Waals surface area contributed by atoms with E-state index in [1.807, 2.05) is 43.1 Å². The zero-order valence-electron chi connectivity index (χ0n) is 11.2. The largest absolute Gasteiger partial charge is 0.389 e. The molecule has 0 spiro atoms. The SMILES string of the molecule is CCC(=O)c1ccccc1N(C)CC(O)COC. The van der Waals surface area contributed by atoms with Gasteiger partial charge in [0.2, 0.25) is 0 Å². The summed E-state index contributed by atoms with van der Waals surface area (Å²) in [4.78, 5) is 13.7. The first kappa shape index (κ1) is 14.7. The number of ether oxygens (including phenoxy) is 1. The standard InChI is InChI=1S/C14H21NO3/c1-4-14(17)12-7-5-6-8-13(12)15(2)9-11(16)10-18-3/h5-8,11,16H,4,9-10H2,1-3H3. The fourth-order valence-corrected chi connectivity index (χ4v) is 1.89. The number of methoxy groups -OCH3 is 1. The van der Waals surface area contributed by atoms with E-state index < -0.39 is 6.10 Å². The van der Waals surface area contributed by atoms with Crippen molar-refractivity contribution in [1.29, 1.82) is 0 Å². The highest BCUT2D eigenvalue weighted by Gasteiger charge is 2.14. The maximum atomic E-state index is 11.8. The van der Waals surface area contributed by atoms with E-state index >= 15 is 0 Å². The van der Waals surface area contributed by atoms with Gasteiger partial charge in [-0.05, 0) is 12.1 Å². The molecule has 0 radical (unpaired) electrons. The van der Waals surface area contributed by atoms with Crippen LogP contribution < -0.4 is 4.90 Å². The van der Waals surface area contributed by atoms with Gasteiger partial charge in [-0.15, -0.1) is 0 Å². The second-order valence-electron chi connectivity index (χ2n) is 4.28. The highest BCUT2D eigenvalue weighted by molar-refractivity contribution is 6.01. The molecule has 1 unspecified atom stereocenters. The molecule has 4 heteroatoms. The molecule has 1 atom stereocenters. The fourth-order valence-electron chi connectivity index (χ4n) is 1.89. The molecule has 0 aliphatic heterocycles. The normalized spacial score (nSPS) is 12.2. The van der Waals surface area contributed by atoms with Crippen molar-refractivity contribution in [3.63, 3.8) is 0 Å². The lowest BCUT2D eigenvalue weighted by Gasteiger charge is -2.24. The number of Topliss-reactive ketones (excluding diaryl/α,β-unsaturated/α-hetero) is 1. The second-order valence-corrected chi connectivity index (χ2v) is 4.28. The van der Waals surface area contributed by atoms with Gasteiger partial charge in [-0.25, -0.2) is 0 Å². The van der Waals surface area contributed by atoms with Gasteiger partial charge in [-0.3, -0.25) is 4.79 Å². The fraction of sp³-hybridized carbons (Fsp3) is 0.500. The van der Waals surface area contributed by atoms with Crippen molar-refractivity contribution in [1.82, 2.24) is 0 Å². The van der Waals surface area contributed by atoms with Crippen LogP contribution in [-0.2, 0) is 4.74 Å². The number of nitrogens with zero attached hydrogens (tertiary/aromatic N) is 1. The predicted molar refractivity (Wildman–Crippen MR) is 72.2 cm³/mol. The number of benzene rings is 1. The number of carbonyl (C=O) groups excluding carboxylic acids is 1. The lowest BCUT2D eigenvalue weighted by atomic mass is 10.1. The number of hydrogen-bond acceptors (Lipinski definition) is 4. The summed E-state index contributed by atoms with van der Waals surface area (Å²) in [6.07, 6.45) is -0.0874. The van der Waals surface area contributed by atoms with Crippen LogP contribution in [0.2, 0.25) is 0 Å². The third-order valence-electron chi connectivity index (χ3n) is 2.78. The van der Waals surface area contributed by atoms with E-state index in [4.69, 9.17) is 4.74 Å². The van der Waals surface area contributed by atoms with Gasteiger partial charge in [0, 0.05) is 38.4 Å². The van der Waals surface area contributed by atoms with Crippen molar-refractivity contribution in [2.24, 2.45) is 0 Å². The molecule has 1 rings (SSSR count). The quantitative estimate of drug-likeness (QED) is 0.750. The van der Waals surface area contributed by atoms with Crippen molar-refractivity contribution in [3.8, 4) is 0 Å². The Bertz CT molecular complexity index is 392. The van der Waals surface area contributed by atoms with E-state index in [9.17, 15) is 9.90 Å². The van der Waals surface area contributed by atoms with Crippen molar-refractivity contribution in [2.45, 2.75) is 19.4 Å². The first-order valence-corrected chi connectivity index (χ1v) is 6.10. The summed E-state index contributed by atoms with van der Waals surface area (Å²) in [6, 6.07) is 7.45. The van der Waals surface area contributed by atoms with E-state index in [1.165, 1.54) is 0 Å². The van der Waals surface area contributed by atoms with Crippen LogP contribution in [0.3, 0.4) is 0 Å². The van der Waals surface area contributed by atoms with Gasteiger partial charge in [0.15, 0.2) is 5.78 Å². The van der Waals surface area contributed by atoms with Crippen LogP contribution in [-0.4, -0.2) is 44.3 Å². The van der Waals surface area contributed by atoms with Crippen LogP contribution in [0.25, 0.3) is 0 Å². The van der Waals surface area contributed by atoms with E-state index in [0.717, 1.165) is 5.69 Å². The maximum Gasteiger partial charge on any atom is 0.164 e. The van der Waals surface area contributed by atoms with Gasteiger partial charge in [-0.2, -0.15) is 0 Å². The van der Waals surface area contributed by atoms with Gasteiger partial charge in [-0.1, -0.05) is 19.1 Å². The van der Waals surface area contributed by atoms with Gasteiger partial charge in [0.05, 0.1) is 12.7 Å². The zero-order chi connectivity index (χ0) is 13.5. The number of anilines is 1. The van der Waals surface area contributed by atoms with Crippen LogP contribution in [0.4, 0.5) is 5.69 Å². The number of likely N-dealkylation sites (N-methyl/N-ethyl adjacent to an activating group) is 1. The van der Waals surface area contributed by atoms with E-state index in [2.05, 4.69) is 0 Å². The highest BCUT2D eigenvalue weighted by Crippen LogP contribution is 2.20. The summed E-state index contributed by atoms with van der Waals surface area (Å²) in [6.45, 7) is 2.56. The molecule has 18 heavy (non-hydrogen) atoms. The van der Waals surface area contributed by atoms with Crippen molar-refractivity contribution >= 4 is 11.5 Å². The summed E-state index contributed by atoms with van der Waals surface area (Å²) in [7, 11) is 3.42. The minimum Gasteiger partial charge on any atom is -0.389 e. The molecule has 0 bridgehead atoms. The summed E-state index contributed by atoms with van der Waals surface area (Å²) in [5.74, 6) is 0.110. The van der Waals surface area contributed by atoms with Crippen LogP contribution >= 0.6 is 0 Å². The Morgan fingerprint density at radius 2 is 2.11 bits per heavy atom. The number of carbonyl (C=O) groups is 1. The molecule has 0 saturated carbocycles. The topological polar surface area (TPSA) is 49.8 Å². The van der Waals surface area contributed by atoms with Crippen LogP contribution in [0.15, 0.2) is 24.3 Å². The van der Waals surface area contributed by atoms with Crippen molar-refractivity contribution in [3.05, 3.63) is 29.8 Å². The lowest BCUT2D eigenvalue weighted by molar-refractivity contribution is 0.0694. The highest BCUT2D eigenvalue weighted by atomic mass is 16.5. The maximum absolute atomic E-state index is 11.8. The smallest absolute Gasteiger partial charge is 0.164 e. The Labute approximate surface area is 108 Å². The lowest BCUT2D eigenvalue weighted by Crippen LogP contribution is -2.32. The molecular formula is C14H21NO3. The average molecular weight is 251 g/mol. The summed E-state index contributed by atoms with van der Waals surface area (Å²) < 4.78 is 4.90.